The van der Waals surface area contributed by atoms with Crippen molar-refractivity contribution in [1.29, 1.82) is 0 Å². The summed E-state index contributed by atoms with van der Waals surface area (Å²) in [4.78, 5) is 32.9. The van der Waals surface area contributed by atoms with Crippen LogP contribution in [0.25, 0.3) is 0 Å². The van der Waals surface area contributed by atoms with Crippen LogP contribution in [0.4, 0.5) is 11.5 Å². The van der Waals surface area contributed by atoms with Crippen LogP contribution in [-0.2, 0) is 11.3 Å². The van der Waals surface area contributed by atoms with Gasteiger partial charge < -0.3 is 20.0 Å². The molecule has 31 heavy (non-hydrogen) atoms. The number of anilines is 2. The van der Waals surface area contributed by atoms with E-state index >= 15 is 0 Å². The first-order valence-corrected chi connectivity index (χ1v) is 10.0. The molecule has 0 aliphatic carbocycles. The van der Waals surface area contributed by atoms with Gasteiger partial charge in [-0.2, -0.15) is 0 Å². The lowest BCUT2D eigenvalue weighted by Gasteiger charge is -2.35. The Labute approximate surface area is 180 Å². The Balaban J connectivity index is 1.37. The number of carbonyl (C=O) groups is 2. The molecule has 0 saturated carbocycles. The van der Waals surface area contributed by atoms with E-state index in [4.69, 9.17) is 4.42 Å². The van der Waals surface area contributed by atoms with E-state index in [-0.39, 0.29) is 24.5 Å². The average Bonchev–Trinajstić information content (AvgIpc) is 3.15. The number of rotatable bonds is 6. The predicted octanol–water partition coefficient (Wildman–Crippen LogP) is 2.93. The molecule has 0 radical (unpaired) electrons. The Morgan fingerprint density at radius 3 is 2.71 bits per heavy atom. The fourth-order valence-corrected chi connectivity index (χ4v) is 3.67. The molecule has 3 heterocycles. The summed E-state index contributed by atoms with van der Waals surface area (Å²) in [5.41, 5.74) is 2.15. The normalized spacial score (nSPS) is 15.5. The summed E-state index contributed by atoms with van der Waals surface area (Å²) in [7, 11) is 3.76. The number of hydrogen-bond donors (Lipinski definition) is 2. The molecule has 8 heteroatoms. The molecule has 0 saturated heterocycles. The van der Waals surface area contributed by atoms with Crippen molar-refractivity contribution in [3.05, 3.63) is 77.4 Å². The lowest BCUT2D eigenvalue weighted by molar-refractivity contribution is -0.117. The van der Waals surface area contributed by atoms with Gasteiger partial charge in [-0.05, 0) is 55.9 Å². The number of carbonyl (C=O) groups excluding carboxylic acids is 2. The molecule has 0 fully saturated rings. The van der Waals surface area contributed by atoms with Crippen LogP contribution in [0.1, 0.15) is 33.6 Å². The molecule has 160 valence electrons. The van der Waals surface area contributed by atoms with Crippen molar-refractivity contribution in [2.75, 3.05) is 30.9 Å². The van der Waals surface area contributed by atoms with Gasteiger partial charge in [-0.15, -0.1) is 0 Å². The minimum atomic E-state index is -0.331. The third-order valence-electron chi connectivity index (χ3n) is 5.17. The molecular weight excluding hydrogens is 394 g/mol. The maximum atomic E-state index is 12.4. The van der Waals surface area contributed by atoms with Crippen LogP contribution < -0.4 is 15.5 Å². The number of pyridine rings is 1. The monoisotopic (exact) mass is 419 g/mol. The van der Waals surface area contributed by atoms with Crippen LogP contribution in [0.2, 0.25) is 0 Å². The van der Waals surface area contributed by atoms with E-state index < -0.39 is 0 Å². The first-order chi connectivity index (χ1) is 14.9. The quantitative estimate of drug-likeness (QED) is 0.639. The van der Waals surface area contributed by atoms with Crippen LogP contribution in [0.3, 0.4) is 0 Å². The number of nitrogens with one attached hydrogen (secondary N) is 2. The predicted molar refractivity (Wildman–Crippen MR) is 118 cm³/mol. The van der Waals surface area contributed by atoms with Crippen molar-refractivity contribution in [3.8, 4) is 0 Å². The Morgan fingerprint density at radius 2 is 2.00 bits per heavy atom. The molecular formula is C23H25N5O3. The number of hydrogen-bond acceptors (Lipinski definition) is 6. The van der Waals surface area contributed by atoms with Gasteiger partial charge in [-0.25, -0.2) is 4.98 Å². The molecule has 3 aromatic rings. The smallest absolute Gasteiger partial charge is 0.256 e. The highest BCUT2D eigenvalue weighted by atomic mass is 16.3. The van der Waals surface area contributed by atoms with Crippen LogP contribution in [0, 0.1) is 6.92 Å². The molecule has 0 bridgehead atoms. The number of aryl methyl sites for hydroxylation is 1. The zero-order chi connectivity index (χ0) is 22.0. The van der Waals surface area contributed by atoms with Crippen molar-refractivity contribution in [3.63, 3.8) is 0 Å². The van der Waals surface area contributed by atoms with Gasteiger partial charge in [0.05, 0.1) is 18.7 Å². The molecule has 1 aromatic carbocycles. The van der Waals surface area contributed by atoms with E-state index in [9.17, 15) is 9.59 Å². The molecule has 8 nitrogen and oxygen atoms in total. The van der Waals surface area contributed by atoms with E-state index in [0.29, 0.717) is 23.6 Å². The Hall–Kier alpha value is -3.65. The van der Waals surface area contributed by atoms with E-state index in [1.54, 1.807) is 18.3 Å². The number of amides is 2. The zero-order valence-electron chi connectivity index (χ0n) is 17.8. The number of likely N-dealkylation sites (N-methyl/N-ethyl adjacent to an activating group) is 1. The van der Waals surface area contributed by atoms with Gasteiger partial charge in [-0.1, -0.05) is 12.1 Å². The topological polar surface area (TPSA) is 90.7 Å². The van der Waals surface area contributed by atoms with Crippen LogP contribution in [-0.4, -0.2) is 42.3 Å². The number of fused-ring (bicyclic) bond motifs is 1. The van der Waals surface area contributed by atoms with E-state index in [2.05, 4.69) is 15.6 Å². The van der Waals surface area contributed by atoms with E-state index in [1.807, 2.05) is 67.2 Å². The molecule has 0 unspecified atom stereocenters. The minimum Gasteiger partial charge on any atom is -0.465 e. The zero-order valence-corrected chi connectivity index (χ0v) is 17.8. The number of nitrogens with zero attached hydrogens (tertiary/aromatic N) is 3. The summed E-state index contributed by atoms with van der Waals surface area (Å²) in [5.74, 6) is 2.06. The molecule has 0 spiro atoms. The molecule has 1 aliphatic rings. The van der Waals surface area contributed by atoms with Gasteiger partial charge in [0, 0.05) is 18.9 Å². The second-order valence-electron chi connectivity index (χ2n) is 7.72. The first kappa shape index (κ1) is 20.6. The van der Waals surface area contributed by atoms with Gasteiger partial charge in [0.15, 0.2) is 0 Å². The molecule has 1 atom stereocenters. The highest BCUT2D eigenvalue weighted by Crippen LogP contribution is 2.30. The van der Waals surface area contributed by atoms with Crippen LogP contribution in [0.5, 0.6) is 0 Å². The van der Waals surface area contributed by atoms with Gasteiger partial charge in [0.2, 0.25) is 5.91 Å². The maximum Gasteiger partial charge on any atom is 0.256 e. The lowest BCUT2D eigenvalue weighted by Crippen LogP contribution is -2.45. The van der Waals surface area contributed by atoms with Crippen molar-refractivity contribution < 1.29 is 14.0 Å². The third kappa shape index (κ3) is 4.59. The standard InChI is InChI=1S/C23H25N5O3/c1-15-6-11-18(31-15)13-27(2)14-20(29)25-17-9-7-16(8-10-17)21-26-23(30)19-5-4-12-24-22(19)28(21)3/h4-12,21H,13-14H2,1-3H3,(H,25,29)(H,26,30)/t21-/m0/s1. The van der Waals surface area contributed by atoms with Gasteiger partial charge >= 0.3 is 0 Å². The highest BCUT2D eigenvalue weighted by Gasteiger charge is 2.30. The van der Waals surface area contributed by atoms with E-state index in [0.717, 1.165) is 17.1 Å². The molecule has 4 rings (SSSR count). The van der Waals surface area contributed by atoms with Crippen LogP contribution in [0.15, 0.2) is 59.1 Å². The Bertz CT molecular complexity index is 1090. The number of furan rings is 1. The second kappa shape index (κ2) is 8.61. The molecule has 2 N–H and O–H groups in total. The molecule has 1 aliphatic heterocycles. The van der Waals surface area contributed by atoms with Crippen LogP contribution >= 0.6 is 0 Å². The van der Waals surface area contributed by atoms with Gasteiger partial charge in [-0.3, -0.25) is 14.5 Å². The van der Waals surface area contributed by atoms with E-state index in [1.165, 1.54) is 0 Å². The lowest BCUT2D eigenvalue weighted by atomic mass is 10.1. The van der Waals surface area contributed by atoms with Gasteiger partial charge in [0.1, 0.15) is 23.5 Å². The second-order valence-corrected chi connectivity index (χ2v) is 7.72. The summed E-state index contributed by atoms with van der Waals surface area (Å²) in [6.07, 6.45) is 1.34. The summed E-state index contributed by atoms with van der Waals surface area (Å²) >= 11 is 0. The molecule has 2 amide bonds. The van der Waals surface area contributed by atoms with Crippen molar-refractivity contribution in [2.24, 2.45) is 0 Å². The fourth-order valence-electron chi connectivity index (χ4n) is 3.67. The average molecular weight is 419 g/mol. The maximum absolute atomic E-state index is 12.4. The van der Waals surface area contributed by atoms with Gasteiger partial charge in [0.25, 0.3) is 5.91 Å². The first-order valence-electron chi connectivity index (χ1n) is 10.0. The molecule has 2 aromatic heterocycles. The summed E-state index contributed by atoms with van der Waals surface area (Å²) in [5, 5.41) is 5.90. The van der Waals surface area contributed by atoms with Crippen molar-refractivity contribution in [1.82, 2.24) is 15.2 Å². The number of benzene rings is 1. The summed E-state index contributed by atoms with van der Waals surface area (Å²) in [6, 6.07) is 14.8. The Morgan fingerprint density at radius 1 is 1.23 bits per heavy atom. The largest absolute Gasteiger partial charge is 0.465 e. The SMILES string of the molecule is Cc1ccc(CN(C)CC(=O)Nc2ccc([C@H]3NC(=O)c4cccnc4N3C)cc2)o1. The number of aromatic nitrogens is 1. The van der Waals surface area contributed by atoms with Crippen molar-refractivity contribution in [2.45, 2.75) is 19.6 Å². The highest BCUT2D eigenvalue weighted by molar-refractivity contribution is 6.01. The summed E-state index contributed by atoms with van der Waals surface area (Å²) in [6.45, 7) is 2.69. The van der Waals surface area contributed by atoms with Crippen molar-refractivity contribution >= 4 is 23.3 Å². The minimum absolute atomic E-state index is 0.111. The summed E-state index contributed by atoms with van der Waals surface area (Å²) < 4.78 is 5.55. The Kier molecular flexibility index (Phi) is 5.73. The third-order valence-corrected chi connectivity index (χ3v) is 5.17. The fraction of sp³-hybridized carbons (Fsp3) is 0.261.